The van der Waals surface area contributed by atoms with Crippen LogP contribution in [-0.4, -0.2) is 46.9 Å². The lowest BCUT2D eigenvalue weighted by molar-refractivity contribution is 0.0518. The van der Waals surface area contributed by atoms with Crippen LogP contribution in [0.1, 0.15) is 72.8 Å². The number of aromatic nitrogens is 2. The van der Waals surface area contributed by atoms with Crippen molar-refractivity contribution in [1.29, 1.82) is 0 Å². The van der Waals surface area contributed by atoms with Crippen LogP contribution in [0, 0.1) is 0 Å². The highest BCUT2D eigenvalue weighted by atomic mass is 16.5. The Morgan fingerprint density at radius 2 is 1.40 bits per heavy atom. The summed E-state index contributed by atoms with van der Waals surface area (Å²) in [5, 5.41) is 8.60. The van der Waals surface area contributed by atoms with Crippen molar-refractivity contribution in [3.8, 4) is 0 Å². The molecule has 0 fully saturated rings. The van der Waals surface area contributed by atoms with E-state index in [1.54, 1.807) is 6.92 Å². The summed E-state index contributed by atoms with van der Waals surface area (Å²) in [4.78, 5) is 16.7. The number of hydrogen-bond acceptors (Lipinski definition) is 6. The van der Waals surface area contributed by atoms with Crippen LogP contribution in [0.25, 0.3) is 0 Å². The number of ether oxygens (including phenoxy) is 1. The molecule has 0 saturated heterocycles. The van der Waals surface area contributed by atoms with E-state index in [1.165, 1.54) is 0 Å². The van der Waals surface area contributed by atoms with Crippen molar-refractivity contribution in [2.75, 3.05) is 16.4 Å². The molecule has 0 spiro atoms. The number of nitrogens with zero attached hydrogens (tertiary/aromatic N) is 4. The van der Waals surface area contributed by atoms with E-state index in [1.807, 2.05) is 6.07 Å². The monoisotopic (exact) mass is 350 g/mol. The first kappa shape index (κ1) is 21.2. The van der Waals surface area contributed by atoms with E-state index in [0.717, 1.165) is 11.5 Å². The Kier molecular flexibility index (Phi) is 7.64. The third-order valence-electron chi connectivity index (χ3n) is 3.99. The first-order valence-electron chi connectivity index (χ1n) is 9.23. The maximum atomic E-state index is 12.2. The van der Waals surface area contributed by atoms with E-state index >= 15 is 0 Å². The summed E-state index contributed by atoms with van der Waals surface area (Å²) < 4.78 is 5.11. The molecule has 142 valence electrons. The normalized spacial score (nSPS) is 11.6. The summed E-state index contributed by atoms with van der Waals surface area (Å²) in [6, 6.07) is 2.88. The van der Waals surface area contributed by atoms with Crippen LogP contribution < -0.4 is 9.80 Å². The second kappa shape index (κ2) is 9.02. The summed E-state index contributed by atoms with van der Waals surface area (Å²) >= 11 is 0. The number of rotatable bonds is 8. The van der Waals surface area contributed by atoms with Crippen LogP contribution in [0.3, 0.4) is 0 Å². The van der Waals surface area contributed by atoms with E-state index in [0.29, 0.717) is 6.61 Å². The minimum atomic E-state index is -0.434. The largest absolute Gasteiger partial charge is 0.461 e. The summed E-state index contributed by atoms with van der Waals surface area (Å²) in [6.07, 6.45) is 0. The van der Waals surface area contributed by atoms with Crippen molar-refractivity contribution in [3.63, 3.8) is 0 Å². The molecule has 0 aliphatic heterocycles. The molecule has 1 rings (SSSR count). The molecule has 0 radical (unpaired) electrons. The zero-order chi connectivity index (χ0) is 19.3. The second-order valence-corrected chi connectivity index (χ2v) is 7.35. The molecule has 1 aromatic rings. The van der Waals surface area contributed by atoms with E-state index in [9.17, 15) is 4.79 Å². The number of esters is 1. The van der Waals surface area contributed by atoms with Gasteiger partial charge in [0.05, 0.1) is 12.3 Å². The lowest BCUT2D eigenvalue weighted by Gasteiger charge is -2.39. The molecule has 0 N–H and O–H groups in total. The number of hydrogen-bond donors (Lipinski definition) is 0. The molecule has 0 saturated carbocycles. The van der Waals surface area contributed by atoms with Gasteiger partial charge in [-0.05, 0) is 62.3 Å². The molecule has 0 aliphatic rings. The number of carbonyl (C=O) groups excluding carboxylic acids is 1. The van der Waals surface area contributed by atoms with Gasteiger partial charge in [0.25, 0.3) is 0 Å². The Balaban J connectivity index is 3.57. The minimum absolute atomic E-state index is 0.249. The molecule has 0 aliphatic carbocycles. The average Bonchev–Trinajstić information content (AvgIpc) is 2.47. The second-order valence-electron chi connectivity index (χ2n) is 7.35. The first-order chi connectivity index (χ1) is 11.6. The predicted molar refractivity (Wildman–Crippen MR) is 103 cm³/mol. The van der Waals surface area contributed by atoms with Crippen LogP contribution >= 0.6 is 0 Å². The van der Waals surface area contributed by atoms with Gasteiger partial charge in [-0.15, -0.1) is 10.2 Å². The van der Waals surface area contributed by atoms with Crippen molar-refractivity contribution in [1.82, 2.24) is 10.2 Å². The highest BCUT2D eigenvalue weighted by Crippen LogP contribution is 2.33. The van der Waals surface area contributed by atoms with E-state index < -0.39 is 5.97 Å². The van der Waals surface area contributed by atoms with Gasteiger partial charge in [0.1, 0.15) is 0 Å². The summed E-state index contributed by atoms with van der Waals surface area (Å²) in [7, 11) is 0. The lowest BCUT2D eigenvalue weighted by Crippen LogP contribution is -2.42. The van der Waals surface area contributed by atoms with Gasteiger partial charge in [-0.1, -0.05) is 0 Å². The molecular formula is C19H34N4O2. The highest BCUT2D eigenvalue weighted by molar-refractivity contribution is 5.89. The van der Waals surface area contributed by atoms with Crippen molar-refractivity contribution in [2.24, 2.45) is 0 Å². The number of carbonyl (C=O) groups is 1. The third kappa shape index (κ3) is 5.06. The molecule has 0 atom stereocenters. The molecule has 25 heavy (non-hydrogen) atoms. The molecular weight excluding hydrogens is 316 g/mol. The van der Waals surface area contributed by atoms with Crippen molar-refractivity contribution >= 4 is 17.5 Å². The van der Waals surface area contributed by atoms with Gasteiger partial charge in [-0.3, -0.25) is 0 Å². The fourth-order valence-corrected chi connectivity index (χ4v) is 3.29. The van der Waals surface area contributed by atoms with Gasteiger partial charge >= 0.3 is 5.97 Å². The Labute approximate surface area is 152 Å². The van der Waals surface area contributed by atoms with Gasteiger partial charge in [0.2, 0.25) is 0 Å². The maximum Gasteiger partial charge on any atom is 0.358 e. The average molecular weight is 351 g/mol. The van der Waals surface area contributed by atoms with Gasteiger partial charge < -0.3 is 14.5 Å². The maximum absolute atomic E-state index is 12.2. The Bertz CT molecular complexity index is 555. The van der Waals surface area contributed by atoms with Crippen molar-refractivity contribution in [3.05, 3.63) is 11.8 Å². The Morgan fingerprint density at radius 1 is 0.920 bits per heavy atom. The number of anilines is 2. The van der Waals surface area contributed by atoms with Crippen molar-refractivity contribution in [2.45, 2.75) is 86.5 Å². The lowest BCUT2D eigenvalue weighted by atomic mass is 10.1. The molecule has 6 heteroatoms. The van der Waals surface area contributed by atoms with Crippen LogP contribution in [-0.2, 0) is 4.74 Å². The zero-order valence-corrected chi connectivity index (χ0v) is 17.2. The van der Waals surface area contributed by atoms with E-state index in [2.05, 4.69) is 75.4 Å². The molecule has 0 amide bonds. The fraction of sp³-hybridized carbons (Fsp3) is 0.737. The highest BCUT2D eigenvalue weighted by Gasteiger charge is 2.27. The minimum Gasteiger partial charge on any atom is -0.461 e. The van der Waals surface area contributed by atoms with E-state index in [4.69, 9.17) is 4.74 Å². The summed E-state index contributed by atoms with van der Waals surface area (Å²) in [5.41, 5.74) is 1.17. The van der Waals surface area contributed by atoms with Gasteiger partial charge in [0, 0.05) is 30.2 Å². The van der Waals surface area contributed by atoms with E-state index in [-0.39, 0.29) is 29.9 Å². The van der Waals surface area contributed by atoms with Crippen LogP contribution in [0.5, 0.6) is 0 Å². The van der Waals surface area contributed by atoms with Crippen LogP contribution in [0.2, 0.25) is 0 Å². The topological polar surface area (TPSA) is 58.6 Å². The van der Waals surface area contributed by atoms with Gasteiger partial charge in [-0.2, -0.15) is 0 Å². The zero-order valence-electron chi connectivity index (χ0n) is 17.2. The molecule has 1 heterocycles. The van der Waals surface area contributed by atoms with Gasteiger partial charge in [-0.25, -0.2) is 4.79 Å². The van der Waals surface area contributed by atoms with Crippen LogP contribution in [0.15, 0.2) is 6.07 Å². The first-order valence-corrected chi connectivity index (χ1v) is 9.23. The van der Waals surface area contributed by atoms with Gasteiger partial charge in [0.15, 0.2) is 11.5 Å². The Morgan fingerprint density at radius 3 is 1.80 bits per heavy atom. The molecule has 1 aromatic heterocycles. The SMILES string of the molecule is CCOC(=O)c1cc(N(C(C)C)C(C)C)c(N(C(C)C)C(C)C)nn1. The van der Waals surface area contributed by atoms with Crippen molar-refractivity contribution < 1.29 is 9.53 Å². The predicted octanol–water partition coefficient (Wildman–Crippen LogP) is 3.90. The summed E-state index contributed by atoms with van der Waals surface area (Å²) in [6.45, 7) is 19.2. The molecule has 0 aromatic carbocycles. The fourth-order valence-electron chi connectivity index (χ4n) is 3.29. The molecule has 0 unspecified atom stereocenters. The third-order valence-corrected chi connectivity index (χ3v) is 3.99. The smallest absolute Gasteiger partial charge is 0.358 e. The standard InChI is InChI=1S/C19H34N4O2/c1-10-25-19(24)16-11-17(22(12(2)3)13(4)5)18(21-20-16)23(14(6)7)15(8)9/h11-15H,10H2,1-9H3. The molecule has 6 nitrogen and oxygen atoms in total. The van der Waals surface area contributed by atoms with Crippen LogP contribution in [0.4, 0.5) is 11.5 Å². The summed E-state index contributed by atoms with van der Waals surface area (Å²) in [5.74, 6) is 0.372. The quantitative estimate of drug-likeness (QED) is 0.663. The molecule has 0 bridgehead atoms. The Hall–Kier alpha value is -1.85.